The van der Waals surface area contributed by atoms with Crippen molar-refractivity contribution in [2.24, 2.45) is 0 Å². The van der Waals surface area contributed by atoms with Gasteiger partial charge in [0.2, 0.25) is 0 Å². The molecular weight excluding hydrogens is 105 g/mol. The molecule has 0 N–H and O–H groups in total. The van der Waals surface area contributed by atoms with Crippen LogP contribution in [0.5, 0.6) is 0 Å². The van der Waals surface area contributed by atoms with Crippen LogP contribution in [0.2, 0.25) is 0 Å². The highest BCUT2D eigenvalue weighted by atomic mass is 19.2. The van der Waals surface area contributed by atoms with Gasteiger partial charge in [0.05, 0.1) is 0 Å². The summed E-state index contributed by atoms with van der Waals surface area (Å²) in [5.41, 5.74) is 0. The van der Waals surface area contributed by atoms with E-state index in [1.807, 2.05) is 6.92 Å². The first kappa shape index (κ1) is 7.89. The third-order valence-electron chi connectivity index (χ3n) is 1.10. The van der Waals surface area contributed by atoms with Gasteiger partial charge in [-0.05, 0) is 13.3 Å². The Morgan fingerprint density at radius 3 is 2.38 bits per heavy atom. The van der Waals surface area contributed by atoms with E-state index in [0.717, 1.165) is 18.0 Å². The van der Waals surface area contributed by atoms with Crippen molar-refractivity contribution in [3.63, 3.8) is 0 Å². The molecule has 8 heavy (non-hydrogen) atoms. The molecule has 0 bridgehead atoms. The van der Waals surface area contributed by atoms with Crippen molar-refractivity contribution in [3.8, 4) is 0 Å². The van der Waals surface area contributed by atoms with Gasteiger partial charge in [0.25, 0.3) is 0 Å². The lowest BCUT2D eigenvalue weighted by molar-refractivity contribution is 0.0307. The molecule has 0 aromatic carbocycles. The SMILES string of the molecule is CCCCN(F)CC. The van der Waals surface area contributed by atoms with Crippen LogP contribution in [0.4, 0.5) is 4.48 Å². The van der Waals surface area contributed by atoms with Gasteiger partial charge in [0, 0.05) is 13.1 Å². The Morgan fingerprint density at radius 1 is 1.38 bits per heavy atom. The summed E-state index contributed by atoms with van der Waals surface area (Å²) in [6.07, 6.45) is 2.03. The van der Waals surface area contributed by atoms with E-state index in [4.69, 9.17) is 0 Å². The zero-order chi connectivity index (χ0) is 6.41. The number of rotatable bonds is 4. The summed E-state index contributed by atoms with van der Waals surface area (Å²) in [4.78, 5) is 0. The van der Waals surface area contributed by atoms with Crippen LogP contribution in [-0.2, 0) is 0 Å². The third kappa shape index (κ3) is 4.06. The average Bonchev–Trinajstić information content (AvgIpc) is 1.83. The van der Waals surface area contributed by atoms with Crippen LogP contribution in [0, 0.1) is 0 Å². The van der Waals surface area contributed by atoms with Crippen molar-refractivity contribution < 1.29 is 4.48 Å². The molecule has 0 saturated carbocycles. The lowest BCUT2D eigenvalue weighted by atomic mass is 10.3. The number of unbranched alkanes of at least 4 members (excludes halogenated alkanes) is 1. The molecule has 0 aliphatic heterocycles. The fourth-order valence-electron chi connectivity index (χ4n) is 0.488. The minimum Gasteiger partial charge on any atom is -0.147 e. The predicted octanol–water partition coefficient (Wildman–Crippen LogP) is 1.99. The van der Waals surface area contributed by atoms with E-state index in [-0.39, 0.29) is 0 Å². The lowest BCUT2D eigenvalue weighted by Gasteiger charge is -2.05. The van der Waals surface area contributed by atoms with E-state index in [2.05, 4.69) is 6.92 Å². The van der Waals surface area contributed by atoms with Crippen molar-refractivity contribution in [2.45, 2.75) is 26.7 Å². The molecule has 0 aromatic rings. The number of hydrogen-bond acceptors (Lipinski definition) is 1. The highest BCUT2D eigenvalue weighted by molar-refractivity contribution is 4.39. The summed E-state index contributed by atoms with van der Waals surface area (Å²) in [6.45, 7) is 4.98. The molecule has 0 radical (unpaired) electrons. The van der Waals surface area contributed by atoms with Crippen LogP contribution < -0.4 is 0 Å². The van der Waals surface area contributed by atoms with Gasteiger partial charge < -0.3 is 0 Å². The van der Waals surface area contributed by atoms with Crippen LogP contribution in [0.1, 0.15) is 26.7 Å². The van der Waals surface area contributed by atoms with Gasteiger partial charge >= 0.3 is 0 Å². The molecule has 0 fully saturated rings. The Balaban J connectivity index is 2.86. The van der Waals surface area contributed by atoms with Crippen molar-refractivity contribution in [1.82, 2.24) is 5.12 Å². The van der Waals surface area contributed by atoms with Gasteiger partial charge in [0.1, 0.15) is 0 Å². The van der Waals surface area contributed by atoms with Crippen LogP contribution in [-0.4, -0.2) is 18.2 Å². The maximum Gasteiger partial charge on any atom is 0.0290 e. The molecule has 0 unspecified atom stereocenters. The molecule has 1 nitrogen and oxygen atoms in total. The summed E-state index contributed by atoms with van der Waals surface area (Å²) in [6, 6.07) is 0. The largest absolute Gasteiger partial charge is 0.147 e. The standard InChI is InChI=1S/C6H14FN/c1-3-5-6-8(7)4-2/h3-6H2,1-2H3. The van der Waals surface area contributed by atoms with Crippen molar-refractivity contribution in [3.05, 3.63) is 0 Å². The van der Waals surface area contributed by atoms with Gasteiger partial charge in [-0.25, -0.2) is 0 Å². The van der Waals surface area contributed by atoms with Crippen LogP contribution in [0.3, 0.4) is 0 Å². The normalized spacial score (nSPS) is 10.5. The monoisotopic (exact) mass is 119 g/mol. The molecule has 0 spiro atoms. The Labute approximate surface area is 50.4 Å². The minimum absolute atomic E-state index is 0.514. The van der Waals surface area contributed by atoms with E-state index in [9.17, 15) is 4.48 Å². The second kappa shape index (κ2) is 5.04. The first-order chi connectivity index (χ1) is 3.81. The first-order valence-corrected chi connectivity index (χ1v) is 3.22. The van der Waals surface area contributed by atoms with Gasteiger partial charge in [-0.1, -0.05) is 13.3 Å². The predicted molar refractivity (Wildman–Crippen MR) is 33.3 cm³/mol. The minimum atomic E-state index is 0.514. The Hall–Kier alpha value is -0.110. The summed E-state index contributed by atoms with van der Waals surface area (Å²) in [5.74, 6) is 0. The van der Waals surface area contributed by atoms with Gasteiger partial charge in [-0.15, -0.1) is 9.60 Å². The molecule has 0 aliphatic rings. The summed E-state index contributed by atoms with van der Waals surface area (Å²) in [7, 11) is 0. The molecular formula is C6H14FN. The Morgan fingerprint density at radius 2 is 2.00 bits per heavy atom. The fourth-order valence-corrected chi connectivity index (χ4v) is 0.488. The smallest absolute Gasteiger partial charge is 0.0290 e. The molecule has 0 aromatic heterocycles. The van der Waals surface area contributed by atoms with Crippen molar-refractivity contribution in [1.29, 1.82) is 0 Å². The molecule has 2 heteroatoms. The van der Waals surface area contributed by atoms with E-state index >= 15 is 0 Å². The zero-order valence-corrected chi connectivity index (χ0v) is 5.65. The first-order valence-electron chi connectivity index (χ1n) is 3.22. The molecule has 50 valence electrons. The van der Waals surface area contributed by atoms with Crippen LogP contribution in [0.25, 0.3) is 0 Å². The van der Waals surface area contributed by atoms with E-state index in [1.165, 1.54) is 0 Å². The quantitative estimate of drug-likeness (QED) is 0.511. The topological polar surface area (TPSA) is 3.24 Å². The number of nitrogens with zero attached hydrogens (tertiary/aromatic N) is 1. The highest BCUT2D eigenvalue weighted by Gasteiger charge is 1.94. The molecule has 0 atom stereocenters. The maximum absolute atomic E-state index is 12.2. The van der Waals surface area contributed by atoms with Crippen molar-refractivity contribution in [2.75, 3.05) is 13.1 Å². The number of hydrogen-bond donors (Lipinski definition) is 0. The van der Waals surface area contributed by atoms with Crippen LogP contribution >= 0.6 is 0 Å². The molecule has 0 rings (SSSR count). The van der Waals surface area contributed by atoms with E-state index in [0.29, 0.717) is 13.1 Å². The van der Waals surface area contributed by atoms with E-state index < -0.39 is 0 Å². The summed E-state index contributed by atoms with van der Waals surface area (Å²) >= 11 is 0. The Bertz CT molecular complexity index is 47.8. The van der Waals surface area contributed by atoms with Crippen molar-refractivity contribution >= 4 is 0 Å². The average molecular weight is 119 g/mol. The second-order valence-corrected chi connectivity index (χ2v) is 1.86. The fraction of sp³-hybridized carbons (Fsp3) is 1.00. The highest BCUT2D eigenvalue weighted by Crippen LogP contribution is 1.92. The summed E-state index contributed by atoms with van der Waals surface area (Å²) in [5, 5.41) is 0.837. The molecule has 0 heterocycles. The van der Waals surface area contributed by atoms with Gasteiger partial charge in [-0.3, -0.25) is 0 Å². The summed E-state index contributed by atoms with van der Waals surface area (Å²) < 4.78 is 12.2. The molecule has 0 saturated heterocycles. The molecule has 0 amide bonds. The zero-order valence-electron chi connectivity index (χ0n) is 5.65. The lowest BCUT2D eigenvalue weighted by Crippen LogP contribution is -2.13. The maximum atomic E-state index is 12.2. The molecule has 0 aliphatic carbocycles. The van der Waals surface area contributed by atoms with Gasteiger partial charge in [-0.2, -0.15) is 0 Å². The van der Waals surface area contributed by atoms with E-state index in [1.54, 1.807) is 0 Å². The number of halogens is 1. The second-order valence-electron chi connectivity index (χ2n) is 1.86. The Kier molecular flexibility index (Phi) is 4.97. The van der Waals surface area contributed by atoms with Crippen LogP contribution in [0.15, 0.2) is 0 Å². The third-order valence-corrected chi connectivity index (χ3v) is 1.10. The van der Waals surface area contributed by atoms with Gasteiger partial charge in [0.15, 0.2) is 0 Å².